The van der Waals surface area contributed by atoms with E-state index >= 15 is 0 Å². The number of amides is 1. The number of hydrogen-bond donors (Lipinski definition) is 1. The van der Waals surface area contributed by atoms with Gasteiger partial charge in [0, 0.05) is 37.6 Å². The van der Waals surface area contributed by atoms with Gasteiger partial charge in [0.1, 0.15) is 5.52 Å². The molecule has 0 spiro atoms. The molecule has 0 aliphatic carbocycles. The second kappa shape index (κ2) is 6.08. The number of anilines is 2. The van der Waals surface area contributed by atoms with Crippen LogP contribution in [0.15, 0.2) is 42.5 Å². The lowest BCUT2D eigenvalue weighted by atomic mass is 10.1. The van der Waals surface area contributed by atoms with Gasteiger partial charge in [-0.05, 0) is 49.4 Å². The topological polar surface area (TPSA) is 63.1 Å². The normalized spacial score (nSPS) is 10.7. The Hall–Kier alpha value is -2.89. The van der Waals surface area contributed by atoms with Gasteiger partial charge in [-0.3, -0.25) is 4.79 Å². The predicted molar refractivity (Wildman–Crippen MR) is 91.9 cm³/mol. The lowest BCUT2D eigenvalue weighted by Crippen LogP contribution is -2.12. The molecule has 6 nitrogen and oxygen atoms in total. The SMILES string of the molecule is CCn1nnc2cc(C(=O)Nc3ccc(N(C)C)cc3)ccc21. The molecular weight excluding hydrogens is 290 g/mol. The van der Waals surface area contributed by atoms with E-state index in [0.717, 1.165) is 29.0 Å². The van der Waals surface area contributed by atoms with Crippen molar-refractivity contribution in [2.75, 3.05) is 24.3 Å². The highest BCUT2D eigenvalue weighted by molar-refractivity contribution is 6.05. The lowest BCUT2D eigenvalue weighted by Gasteiger charge is -2.13. The van der Waals surface area contributed by atoms with Crippen molar-refractivity contribution in [2.45, 2.75) is 13.5 Å². The van der Waals surface area contributed by atoms with E-state index in [4.69, 9.17) is 0 Å². The molecule has 1 heterocycles. The molecule has 0 saturated carbocycles. The van der Waals surface area contributed by atoms with Crippen molar-refractivity contribution >= 4 is 28.3 Å². The molecular formula is C17H19N5O. The first-order valence-corrected chi connectivity index (χ1v) is 7.50. The Bertz CT molecular complexity index is 836. The van der Waals surface area contributed by atoms with Crippen LogP contribution in [-0.4, -0.2) is 35.0 Å². The molecule has 0 saturated heterocycles. The summed E-state index contributed by atoms with van der Waals surface area (Å²) in [5.74, 6) is -0.157. The summed E-state index contributed by atoms with van der Waals surface area (Å²) in [5, 5.41) is 11.1. The number of carbonyl (C=O) groups is 1. The van der Waals surface area contributed by atoms with Gasteiger partial charge >= 0.3 is 0 Å². The van der Waals surface area contributed by atoms with Crippen molar-refractivity contribution in [3.8, 4) is 0 Å². The van der Waals surface area contributed by atoms with Gasteiger partial charge in [0.15, 0.2) is 0 Å². The molecule has 6 heteroatoms. The third-order valence-electron chi connectivity index (χ3n) is 3.72. The van der Waals surface area contributed by atoms with E-state index in [9.17, 15) is 4.79 Å². The summed E-state index contributed by atoms with van der Waals surface area (Å²) >= 11 is 0. The zero-order valence-corrected chi connectivity index (χ0v) is 13.4. The maximum atomic E-state index is 12.4. The molecule has 0 radical (unpaired) electrons. The van der Waals surface area contributed by atoms with Crippen molar-refractivity contribution in [3.05, 3.63) is 48.0 Å². The quantitative estimate of drug-likeness (QED) is 0.805. The number of nitrogens with one attached hydrogen (secondary N) is 1. The highest BCUT2D eigenvalue weighted by Gasteiger charge is 2.10. The molecule has 118 valence electrons. The summed E-state index contributed by atoms with van der Waals surface area (Å²) in [6.07, 6.45) is 0. The lowest BCUT2D eigenvalue weighted by molar-refractivity contribution is 0.102. The standard InChI is InChI=1S/C17H19N5O/c1-4-22-16-10-5-12(11-15(16)19-20-22)17(23)18-13-6-8-14(9-7-13)21(2)3/h5-11H,4H2,1-3H3,(H,18,23). The maximum Gasteiger partial charge on any atom is 0.255 e. The molecule has 1 aromatic heterocycles. The average Bonchev–Trinajstić information content (AvgIpc) is 2.97. The van der Waals surface area contributed by atoms with Crippen LogP contribution in [0.5, 0.6) is 0 Å². The third-order valence-corrected chi connectivity index (χ3v) is 3.72. The van der Waals surface area contributed by atoms with Gasteiger partial charge in [-0.2, -0.15) is 0 Å². The molecule has 0 aliphatic heterocycles. The molecule has 0 aliphatic rings. The van der Waals surface area contributed by atoms with Crippen molar-refractivity contribution in [1.82, 2.24) is 15.0 Å². The minimum atomic E-state index is -0.157. The van der Waals surface area contributed by atoms with E-state index in [-0.39, 0.29) is 5.91 Å². The van der Waals surface area contributed by atoms with E-state index in [1.54, 1.807) is 16.8 Å². The summed E-state index contributed by atoms with van der Waals surface area (Å²) in [7, 11) is 3.96. The number of rotatable bonds is 4. The zero-order valence-electron chi connectivity index (χ0n) is 13.4. The summed E-state index contributed by atoms with van der Waals surface area (Å²) < 4.78 is 1.80. The predicted octanol–water partition coefficient (Wildman–Crippen LogP) is 2.77. The van der Waals surface area contributed by atoms with Crippen LogP contribution in [0.4, 0.5) is 11.4 Å². The number of hydrogen-bond acceptors (Lipinski definition) is 4. The smallest absolute Gasteiger partial charge is 0.255 e. The monoisotopic (exact) mass is 309 g/mol. The van der Waals surface area contributed by atoms with Gasteiger partial charge in [0.05, 0.1) is 5.52 Å². The van der Waals surface area contributed by atoms with E-state index in [0.29, 0.717) is 5.56 Å². The van der Waals surface area contributed by atoms with E-state index in [2.05, 4.69) is 15.6 Å². The van der Waals surface area contributed by atoms with Crippen LogP contribution in [0.1, 0.15) is 17.3 Å². The van der Waals surface area contributed by atoms with Crippen LogP contribution < -0.4 is 10.2 Å². The Labute approximate surface area is 134 Å². The van der Waals surface area contributed by atoms with Crippen LogP contribution >= 0.6 is 0 Å². The number of carbonyl (C=O) groups excluding carboxylic acids is 1. The Morgan fingerprint density at radius 3 is 2.57 bits per heavy atom. The minimum absolute atomic E-state index is 0.157. The highest BCUT2D eigenvalue weighted by Crippen LogP contribution is 2.18. The van der Waals surface area contributed by atoms with Crippen LogP contribution in [0, 0.1) is 0 Å². The number of aryl methyl sites for hydroxylation is 1. The van der Waals surface area contributed by atoms with Gasteiger partial charge in [0.25, 0.3) is 5.91 Å². The average molecular weight is 309 g/mol. The molecule has 23 heavy (non-hydrogen) atoms. The van der Waals surface area contributed by atoms with Crippen LogP contribution in [-0.2, 0) is 6.54 Å². The van der Waals surface area contributed by atoms with E-state index in [1.165, 1.54) is 0 Å². The van der Waals surface area contributed by atoms with Crippen molar-refractivity contribution < 1.29 is 4.79 Å². The van der Waals surface area contributed by atoms with E-state index in [1.807, 2.05) is 56.3 Å². The first-order chi connectivity index (χ1) is 11.1. The van der Waals surface area contributed by atoms with Gasteiger partial charge in [-0.25, -0.2) is 4.68 Å². The van der Waals surface area contributed by atoms with E-state index < -0.39 is 0 Å². The van der Waals surface area contributed by atoms with Crippen LogP contribution in [0.25, 0.3) is 11.0 Å². The fraction of sp³-hybridized carbons (Fsp3) is 0.235. The Morgan fingerprint density at radius 1 is 1.17 bits per heavy atom. The molecule has 1 amide bonds. The minimum Gasteiger partial charge on any atom is -0.378 e. The van der Waals surface area contributed by atoms with Crippen molar-refractivity contribution in [2.24, 2.45) is 0 Å². The van der Waals surface area contributed by atoms with Gasteiger partial charge in [-0.15, -0.1) is 5.10 Å². The summed E-state index contributed by atoms with van der Waals surface area (Å²) in [5.41, 5.74) is 4.07. The number of benzene rings is 2. The summed E-state index contributed by atoms with van der Waals surface area (Å²) in [4.78, 5) is 14.4. The Morgan fingerprint density at radius 2 is 1.91 bits per heavy atom. The maximum absolute atomic E-state index is 12.4. The fourth-order valence-corrected chi connectivity index (χ4v) is 2.39. The van der Waals surface area contributed by atoms with Crippen molar-refractivity contribution in [3.63, 3.8) is 0 Å². The Balaban J connectivity index is 1.80. The second-order valence-corrected chi connectivity index (χ2v) is 5.50. The molecule has 2 aromatic carbocycles. The largest absolute Gasteiger partial charge is 0.378 e. The third kappa shape index (κ3) is 3.01. The van der Waals surface area contributed by atoms with Gasteiger partial charge in [0.2, 0.25) is 0 Å². The summed E-state index contributed by atoms with van der Waals surface area (Å²) in [6.45, 7) is 2.76. The van der Waals surface area contributed by atoms with Gasteiger partial charge in [-0.1, -0.05) is 5.21 Å². The second-order valence-electron chi connectivity index (χ2n) is 5.50. The zero-order chi connectivity index (χ0) is 16.4. The molecule has 3 rings (SSSR count). The van der Waals surface area contributed by atoms with Crippen molar-refractivity contribution in [1.29, 1.82) is 0 Å². The highest BCUT2D eigenvalue weighted by atomic mass is 16.1. The first kappa shape index (κ1) is 15.0. The molecule has 3 aromatic rings. The number of aromatic nitrogens is 3. The molecule has 0 atom stereocenters. The fourth-order valence-electron chi connectivity index (χ4n) is 2.39. The number of nitrogens with zero attached hydrogens (tertiary/aromatic N) is 4. The summed E-state index contributed by atoms with van der Waals surface area (Å²) in [6, 6.07) is 13.1. The molecule has 1 N–H and O–H groups in total. The molecule has 0 fully saturated rings. The first-order valence-electron chi connectivity index (χ1n) is 7.50. The number of fused-ring (bicyclic) bond motifs is 1. The molecule has 0 unspecified atom stereocenters. The van der Waals surface area contributed by atoms with Crippen LogP contribution in [0.3, 0.4) is 0 Å². The Kier molecular flexibility index (Phi) is 3.97. The van der Waals surface area contributed by atoms with Gasteiger partial charge < -0.3 is 10.2 Å². The van der Waals surface area contributed by atoms with Crippen LogP contribution in [0.2, 0.25) is 0 Å². The molecule has 0 bridgehead atoms.